The first-order valence-corrected chi connectivity index (χ1v) is 6.74. The van der Waals surface area contributed by atoms with Gasteiger partial charge in [-0.25, -0.2) is 0 Å². The molecule has 3 amide bonds. The Morgan fingerprint density at radius 2 is 1.50 bits per heavy atom. The number of carbonyl (C=O) groups is 3. The summed E-state index contributed by atoms with van der Waals surface area (Å²) in [6, 6.07) is 4.48. The number of nitrogens with one attached hydrogen (secondary N) is 1. The second kappa shape index (κ2) is 8.09. The molecule has 0 spiro atoms. The first kappa shape index (κ1) is 17.8. The molecule has 1 aliphatic rings. The van der Waals surface area contributed by atoms with Crippen LogP contribution >= 0.6 is 0 Å². The fraction of sp³-hybridized carbons (Fsp3) is 0.400. The lowest BCUT2D eigenvalue weighted by atomic mass is 10.1. The predicted molar refractivity (Wildman–Crippen MR) is 79.0 cm³/mol. The van der Waals surface area contributed by atoms with E-state index in [4.69, 9.17) is 0 Å². The van der Waals surface area contributed by atoms with Gasteiger partial charge in [0.1, 0.15) is 0 Å². The number of hydrogen-bond acceptors (Lipinski definition) is 3. The van der Waals surface area contributed by atoms with Gasteiger partial charge in [0.15, 0.2) is 0 Å². The van der Waals surface area contributed by atoms with E-state index in [-0.39, 0.29) is 23.3 Å². The van der Waals surface area contributed by atoms with E-state index in [1.165, 1.54) is 32.3 Å². The Balaban J connectivity index is 0.000000829. The molecule has 1 N–H and O–H groups in total. The van der Waals surface area contributed by atoms with Crippen molar-refractivity contribution in [3.8, 4) is 0 Å². The number of carbonyl (C=O) groups excluding carboxylic acids is 3. The van der Waals surface area contributed by atoms with Crippen molar-refractivity contribution in [2.75, 3.05) is 14.1 Å². The third-order valence-electron chi connectivity index (χ3n) is 2.58. The lowest BCUT2D eigenvalue weighted by molar-refractivity contribution is 0.0693. The van der Waals surface area contributed by atoms with Crippen LogP contribution in [-0.4, -0.2) is 36.7 Å². The van der Waals surface area contributed by atoms with E-state index in [9.17, 15) is 14.4 Å². The standard InChI is InChI=1S/C11H10N2O3.2C2H6/c1-12-9(14)6-3-4-7-8(5-6)11(16)13(2)10(7)15;2*1-2/h3-5H,1-2H3,(H,12,14);2*1-2H3. The fourth-order valence-electron chi connectivity index (χ4n) is 1.65. The maximum Gasteiger partial charge on any atom is 0.261 e. The van der Waals surface area contributed by atoms with Gasteiger partial charge < -0.3 is 5.32 Å². The smallest absolute Gasteiger partial charge is 0.261 e. The van der Waals surface area contributed by atoms with Crippen molar-refractivity contribution in [2.45, 2.75) is 27.7 Å². The lowest BCUT2D eigenvalue weighted by Gasteiger charge is -2.02. The summed E-state index contributed by atoms with van der Waals surface area (Å²) in [5.41, 5.74) is 1.01. The van der Waals surface area contributed by atoms with Gasteiger partial charge >= 0.3 is 0 Å². The van der Waals surface area contributed by atoms with Gasteiger partial charge in [0.2, 0.25) is 0 Å². The molecule has 5 nitrogen and oxygen atoms in total. The van der Waals surface area contributed by atoms with Crippen molar-refractivity contribution >= 4 is 17.7 Å². The minimum atomic E-state index is -0.370. The van der Waals surface area contributed by atoms with Crippen LogP contribution in [0.15, 0.2) is 18.2 Å². The van der Waals surface area contributed by atoms with Gasteiger partial charge in [-0.1, -0.05) is 27.7 Å². The maximum absolute atomic E-state index is 11.6. The van der Waals surface area contributed by atoms with Crippen LogP contribution in [0.3, 0.4) is 0 Å². The molecule has 0 bridgehead atoms. The van der Waals surface area contributed by atoms with Crippen molar-refractivity contribution in [3.63, 3.8) is 0 Å². The molecule has 0 unspecified atom stereocenters. The van der Waals surface area contributed by atoms with E-state index in [2.05, 4.69) is 5.32 Å². The van der Waals surface area contributed by atoms with E-state index in [1.54, 1.807) is 0 Å². The largest absolute Gasteiger partial charge is 0.355 e. The number of nitrogens with zero attached hydrogens (tertiary/aromatic N) is 1. The van der Waals surface area contributed by atoms with Crippen molar-refractivity contribution < 1.29 is 14.4 Å². The van der Waals surface area contributed by atoms with E-state index in [1.807, 2.05) is 27.7 Å². The van der Waals surface area contributed by atoms with Gasteiger partial charge in [0.05, 0.1) is 11.1 Å². The molecular formula is C15H22N2O3. The van der Waals surface area contributed by atoms with Crippen LogP contribution in [0, 0.1) is 0 Å². The molecule has 0 fully saturated rings. The molecule has 1 aromatic rings. The average molecular weight is 278 g/mol. The number of fused-ring (bicyclic) bond motifs is 1. The number of imide groups is 1. The molecule has 0 aliphatic carbocycles. The van der Waals surface area contributed by atoms with Crippen LogP contribution in [-0.2, 0) is 0 Å². The van der Waals surface area contributed by atoms with Crippen molar-refractivity contribution in [2.24, 2.45) is 0 Å². The van der Waals surface area contributed by atoms with Crippen LogP contribution in [0.25, 0.3) is 0 Å². The van der Waals surface area contributed by atoms with Crippen LogP contribution < -0.4 is 5.32 Å². The highest BCUT2D eigenvalue weighted by Crippen LogP contribution is 2.22. The zero-order valence-electron chi connectivity index (χ0n) is 12.9. The normalized spacial score (nSPS) is 11.8. The minimum absolute atomic E-state index is 0.280. The SMILES string of the molecule is CC.CC.CNC(=O)c1ccc2c(c1)C(=O)N(C)C2=O. The molecular weight excluding hydrogens is 256 g/mol. The summed E-state index contributed by atoms with van der Waals surface area (Å²) in [6.07, 6.45) is 0. The molecule has 0 atom stereocenters. The molecule has 1 aliphatic heterocycles. The Labute approximate surface area is 120 Å². The summed E-state index contributed by atoms with van der Waals surface area (Å²) in [7, 11) is 2.93. The quantitative estimate of drug-likeness (QED) is 0.802. The maximum atomic E-state index is 11.6. The van der Waals surface area contributed by atoms with Crippen molar-refractivity contribution in [3.05, 3.63) is 34.9 Å². The van der Waals surface area contributed by atoms with Gasteiger partial charge in [0, 0.05) is 19.7 Å². The molecule has 1 aromatic carbocycles. The Hall–Kier alpha value is -2.17. The van der Waals surface area contributed by atoms with Crippen LogP contribution in [0.1, 0.15) is 58.8 Å². The summed E-state index contributed by atoms with van der Waals surface area (Å²) in [4.78, 5) is 35.6. The molecule has 20 heavy (non-hydrogen) atoms. The average Bonchev–Trinajstić information content (AvgIpc) is 2.75. The van der Waals surface area contributed by atoms with E-state index < -0.39 is 0 Å². The minimum Gasteiger partial charge on any atom is -0.355 e. The summed E-state index contributed by atoms with van der Waals surface area (Å²) in [6.45, 7) is 8.00. The van der Waals surface area contributed by atoms with Crippen molar-refractivity contribution in [1.29, 1.82) is 0 Å². The van der Waals surface area contributed by atoms with Crippen LogP contribution in [0.2, 0.25) is 0 Å². The second-order valence-corrected chi connectivity index (χ2v) is 3.51. The Bertz CT molecular complexity index is 510. The van der Waals surface area contributed by atoms with Gasteiger partial charge in [-0.3, -0.25) is 19.3 Å². The number of rotatable bonds is 1. The van der Waals surface area contributed by atoms with E-state index >= 15 is 0 Å². The molecule has 1 heterocycles. The molecule has 110 valence electrons. The number of hydrogen-bond donors (Lipinski definition) is 1. The van der Waals surface area contributed by atoms with Gasteiger partial charge in [-0.2, -0.15) is 0 Å². The highest BCUT2D eigenvalue weighted by atomic mass is 16.2. The molecule has 0 aromatic heterocycles. The fourth-order valence-corrected chi connectivity index (χ4v) is 1.65. The summed E-state index contributed by atoms with van der Waals surface area (Å²) < 4.78 is 0. The third kappa shape index (κ3) is 3.23. The zero-order valence-corrected chi connectivity index (χ0v) is 12.9. The summed E-state index contributed by atoms with van der Waals surface area (Å²) in [5.74, 6) is -0.980. The van der Waals surface area contributed by atoms with E-state index in [0.717, 1.165) is 4.90 Å². The Morgan fingerprint density at radius 3 is 2.00 bits per heavy atom. The summed E-state index contributed by atoms with van der Waals surface area (Å²) >= 11 is 0. The Morgan fingerprint density at radius 1 is 1.00 bits per heavy atom. The molecule has 5 heteroatoms. The third-order valence-corrected chi connectivity index (χ3v) is 2.58. The van der Waals surface area contributed by atoms with Gasteiger partial charge in [-0.05, 0) is 18.2 Å². The zero-order chi connectivity index (χ0) is 15.9. The topological polar surface area (TPSA) is 66.5 Å². The first-order valence-electron chi connectivity index (χ1n) is 6.74. The molecule has 0 saturated heterocycles. The van der Waals surface area contributed by atoms with Crippen LogP contribution in [0.4, 0.5) is 0 Å². The van der Waals surface area contributed by atoms with Crippen molar-refractivity contribution in [1.82, 2.24) is 10.2 Å². The summed E-state index contributed by atoms with van der Waals surface area (Å²) in [5, 5.41) is 2.46. The van der Waals surface area contributed by atoms with E-state index in [0.29, 0.717) is 11.1 Å². The van der Waals surface area contributed by atoms with Gasteiger partial charge in [0.25, 0.3) is 17.7 Å². The Kier molecular flexibility index (Phi) is 7.21. The molecule has 0 radical (unpaired) electrons. The first-order chi connectivity index (χ1) is 9.56. The second-order valence-electron chi connectivity index (χ2n) is 3.51. The number of amides is 3. The predicted octanol–water partition coefficient (Wildman–Crippen LogP) is 2.32. The highest BCUT2D eigenvalue weighted by molar-refractivity contribution is 6.21. The molecule has 2 rings (SSSR count). The monoisotopic (exact) mass is 278 g/mol. The molecule has 0 saturated carbocycles. The van der Waals surface area contributed by atoms with Gasteiger partial charge in [-0.15, -0.1) is 0 Å². The number of benzene rings is 1. The lowest BCUT2D eigenvalue weighted by Crippen LogP contribution is -2.24. The highest BCUT2D eigenvalue weighted by Gasteiger charge is 2.33. The van der Waals surface area contributed by atoms with Crippen LogP contribution in [0.5, 0.6) is 0 Å².